The molecule has 2 rings (SSSR count). The molecule has 0 bridgehead atoms. The summed E-state index contributed by atoms with van der Waals surface area (Å²) in [6, 6.07) is 0.248. The Kier molecular flexibility index (Phi) is 5.09. The lowest BCUT2D eigenvalue weighted by Crippen LogP contribution is -2.60. The second-order valence-corrected chi connectivity index (χ2v) is 5.91. The van der Waals surface area contributed by atoms with Crippen molar-refractivity contribution >= 4 is 0 Å². The molecule has 2 fully saturated rings. The third-order valence-corrected chi connectivity index (χ3v) is 4.76. The second kappa shape index (κ2) is 6.59. The van der Waals surface area contributed by atoms with Crippen LogP contribution in [0.5, 0.6) is 0 Å². The maximum Gasteiger partial charge on any atom is 0.0873 e. The zero-order valence-corrected chi connectivity index (χ0v) is 11.9. The van der Waals surface area contributed by atoms with Gasteiger partial charge in [-0.3, -0.25) is 4.90 Å². The molecule has 1 atom stereocenters. The number of terminal acetylenes is 1. The highest BCUT2D eigenvalue weighted by molar-refractivity contribution is 5.16. The van der Waals surface area contributed by atoms with Crippen LogP contribution in [0.25, 0.3) is 0 Å². The quantitative estimate of drug-likeness (QED) is 0.753. The van der Waals surface area contributed by atoms with Gasteiger partial charge in [0.15, 0.2) is 0 Å². The Hall–Kier alpha value is -0.520. The summed E-state index contributed by atoms with van der Waals surface area (Å²) in [5, 5.41) is 3.62. The van der Waals surface area contributed by atoms with E-state index < -0.39 is 0 Å². The van der Waals surface area contributed by atoms with Crippen LogP contribution in [0.2, 0.25) is 0 Å². The highest BCUT2D eigenvalue weighted by Gasteiger charge is 2.45. The largest absolute Gasteiger partial charge is 0.302 e. The Bertz CT molecular complexity index is 280. The maximum atomic E-state index is 5.85. The summed E-state index contributed by atoms with van der Waals surface area (Å²) in [6.07, 6.45) is 16.4. The van der Waals surface area contributed by atoms with Gasteiger partial charge in [0.2, 0.25) is 0 Å². The summed E-state index contributed by atoms with van der Waals surface area (Å²) in [5.74, 6) is 3.06. The fourth-order valence-corrected chi connectivity index (χ4v) is 3.81. The topological polar surface area (TPSA) is 15.3 Å². The zero-order valence-electron chi connectivity index (χ0n) is 11.9. The Morgan fingerprint density at radius 1 is 1.17 bits per heavy atom. The van der Waals surface area contributed by atoms with Gasteiger partial charge in [0.1, 0.15) is 0 Å². The van der Waals surface area contributed by atoms with E-state index in [0.717, 1.165) is 13.0 Å². The molecule has 0 radical (unpaired) electrons. The molecule has 0 amide bonds. The van der Waals surface area contributed by atoms with Crippen molar-refractivity contribution < 1.29 is 0 Å². The Morgan fingerprint density at radius 2 is 1.83 bits per heavy atom. The number of hydrogen-bond donors (Lipinski definition) is 1. The molecule has 0 aromatic rings. The standard InChI is InChI=1S/C16H28N2/c1-3-12-17-15(4-2)16(10-6-7-11-16)18-13-8-5-9-14-18/h2,15,17H,3,5-14H2,1H3. The van der Waals surface area contributed by atoms with Crippen LogP contribution in [0.4, 0.5) is 0 Å². The number of hydrogen-bond acceptors (Lipinski definition) is 2. The molecule has 2 heteroatoms. The molecule has 1 heterocycles. The van der Waals surface area contributed by atoms with E-state index in [9.17, 15) is 0 Å². The number of rotatable bonds is 5. The van der Waals surface area contributed by atoms with Crippen molar-refractivity contribution in [2.24, 2.45) is 0 Å². The van der Waals surface area contributed by atoms with Crippen LogP contribution in [0.3, 0.4) is 0 Å². The number of nitrogens with zero attached hydrogens (tertiary/aromatic N) is 1. The molecular formula is C16H28N2. The van der Waals surface area contributed by atoms with E-state index in [2.05, 4.69) is 23.1 Å². The number of nitrogens with one attached hydrogen (secondary N) is 1. The molecule has 1 N–H and O–H groups in total. The minimum Gasteiger partial charge on any atom is -0.302 e. The van der Waals surface area contributed by atoms with Crippen LogP contribution in [0.15, 0.2) is 0 Å². The van der Waals surface area contributed by atoms with Gasteiger partial charge >= 0.3 is 0 Å². The third kappa shape index (κ3) is 2.73. The predicted molar refractivity (Wildman–Crippen MR) is 77.5 cm³/mol. The van der Waals surface area contributed by atoms with Gasteiger partial charge in [-0.25, -0.2) is 0 Å². The fourth-order valence-electron chi connectivity index (χ4n) is 3.81. The summed E-state index contributed by atoms with van der Waals surface area (Å²) in [7, 11) is 0. The van der Waals surface area contributed by atoms with E-state index in [1.165, 1.54) is 58.0 Å². The van der Waals surface area contributed by atoms with E-state index >= 15 is 0 Å². The number of likely N-dealkylation sites (tertiary alicyclic amines) is 1. The maximum absolute atomic E-state index is 5.85. The van der Waals surface area contributed by atoms with Crippen LogP contribution >= 0.6 is 0 Å². The molecule has 1 aliphatic heterocycles. The second-order valence-electron chi connectivity index (χ2n) is 5.91. The minimum atomic E-state index is 0.248. The fraction of sp³-hybridized carbons (Fsp3) is 0.875. The Balaban J connectivity index is 2.11. The smallest absolute Gasteiger partial charge is 0.0873 e. The molecule has 1 saturated carbocycles. The van der Waals surface area contributed by atoms with Crippen molar-refractivity contribution in [3.05, 3.63) is 0 Å². The van der Waals surface area contributed by atoms with Crippen molar-refractivity contribution in [1.82, 2.24) is 10.2 Å². The van der Waals surface area contributed by atoms with E-state index in [0.29, 0.717) is 0 Å². The minimum absolute atomic E-state index is 0.248. The van der Waals surface area contributed by atoms with Gasteiger partial charge in [-0.1, -0.05) is 32.1 Å². The summed E-state index contributed by atoms with van der Waals surface area (Å²) < 4.78 is 0. The van der Waals surface area contributed by atoms with E-state index in [4.69, 9.17) is 6.42 Å². The third-order valence-electron chi connectivity index (χ3n) is 4.76. The van der Waals surface area contributed by atoms with Crippen molar-refractivity contribution in [1.29, 1.82) is 0 Å². The molecule has 0 aromatic heterocycles. The van der Waals surface area contributed by atoms with E-state index in [-0.39, 0.29) is 11.6 Å². The molecule has 2 nitrogen and oxygen atoms in total. The van der Waals surface area contributed by atoms with Gasteiger partial charge in [0.05, 0.1) is 6.04 Å². The molecule has 0 aromatic carbocycles. The summed E-state index contributed by atoms with van der Waals surface area (Å²) in [6.45, 7) is 5.77. The first-order valence-corrected chi connectivity index (χ1v) is 7.78. The van der Waals surface area contributed by atoms with Crippen molar-refractivity contribution in [2.75, 3.05) is 19.6 Å². The first-order chi connectivity index (χ1) is 8.83. The summed E-state index contributed by atoms with van der Waals surface area (Å²) >= 11 is 0. The monoisotopic (exact) mass is 248 g/mol. The van der Waals surface area contributed by atoms with E-state index in [1.54, 1.807) is 0 Å². The zero-order chi connectivity index (χ0) is 12.8. The Labute approximate surface area is 113 Å². The average Bonchev–Trinajstić information content (AvgIpc) is 2.91. The molecule has 1 unspecified atom stereocenters. The number of piperidine rings is 1. The molecule has 102 valence electrons. The summed E-state index contributed by atoms with van der Waals surface area (Å²) in [4.78, 5) is 2.72. The molecule has 0 spiro atoms. The van der Waals surface area contributed by atoms with Crippen molar-refractivity contribution in [3.8, 4) is 12.3 Å². The van der Waals surface area contributed by atoms with Gasteiger partial charge in [0, 0.05) is 5.54 Å². The van der Waals surface area contributed by atoms with Crippen molar-refractivity contribution in [3.63, 3.8) is 0 Å². The van der Waals surface area contributed by atoms with E-state index in [1.807, 2.05) is 0 Å². The van der Waals surface area contributed by atoms with Gasteiger partial charge in [-0.05, 0) is 51.7 Å². The molecule has 1 saturated heterocycles. The van der Waals surface area contributed by atoms with Gasteiger partial charge in [0.25, 0.3) is 0 Å². The first-order valence-electron chi connectivity index (χ1n) is 7.78. The highest BCUT2D eigenvalue weighted by atomic mass is 15.2. The summed E-state index contributed by atoms with van der Waals surface area (Å²) in [5.41, 5.74) is 0.268. The van der Waals surface area contributed by atoms with Gasteiger partial charge in [-0.15, -0.1) is 6.42 Å². The van der Waals surface area contributed by atoms with Crippen LogP contribution < -0.4 is 5.32 Å². The van der Waals surface area contributed by atoms with Crippen LogP contribution in [-0.2, 0) is 0 Å². The average molecular weight is 248 g/mol. The Morgan fingerprint density at radius 3 is 2.39 bits per heavy atom. The van der Waals surface area contributed by atoms with Crippen LogP contribution in [0.1, 0.15) is 58.3 Å². The van der Waals surface area contributed by atoms with Crippen LogP contribution in [0, 0.1) is 12.3 Å². The highest BCUT2D eigenvalue weighted by Crippen LogP contribution is 2.39. The normalized spacial score (nSPS) is 25.8. The van der Waals surface area contributed by atoms with Gasteiger partial charge in [-0.2, -0.15) is 0 Å². The van der Waals surface area contributed by atoms with Crippen molar-refractivity contribution in [2.45, 2.75) is 69.9 Å². The van der Waals surface area contributed by atoms with Crippen LogP contribution in [-0.4, -0.2) is 36.1 Å². The first kappa shape index (κ1) is 13.9. The SMILES string of the molecule is C#CC(NCCC)C1(N2CCCCC2)CCCC1. The lowest BCUT2D eigenvalue weighted by Gasteiger charge is -2.47. The lowest BCUT2D eigenvalue weighted by atomic mass is 9.84. The van der Waals surface area contributed by atoms with Gasteiger partial charge < -0.3 is 5.32 Å². The lowest BCUT2D eigenvalue weighted by molar-refractivity contribution is 0.0527. The molecule has 1 aliphatic carbocycles. The molecule has 18 heavy (non-hydrogen) atoms. The molecular weight excluding hydrogens is 220 g/mol. The predicted octanol–water partition coefficient (Wildman–Crippen LogP) is 2.79. The molecule has 2 aliphatic rings.